The van der Waals surface area contributed by atoms with Gasteiger partial charge in [-0.05, 0) is 13.0 Å². The van der Waals surface area contributed by atoms with Gasteiger partial charge in [0, 0.05) is 12.0 Å². The molecule has 0 spiro atoms. The lowest BCUT2D eigenvalue weighted by atomic mass is 10.1. The van der Waals surface area contributed by atoms with Gasteiger partial charge in [-0.25, -0.2) is 0 Å². The van der Waals surface area contributed by atoms with E-state index in [0.717, 1.165) is 11.3 Å². The molecule has 0 atom stereocenters. The van der Waals surface area contributed by atoms with Crippen LogP contribution in [0.1, 0.15) is 12.5 Å². The molecule has 0 aliphatic heterocycles. The van der Waals surface area contributed by atoms with E-state index >= 15 is 0 Å². The molecule has 0 bridgehead atoms. The van der Waals surface area contributed by atoms with E-state index in [1.54, 1.807) is 0 Å². The molecule has 0 heterocycles. The van der Waals surface area contributed by atoms with Crippen LogP contribution in [0.3, 0.4) is 0 Å². The second kappa shape index (κ2) is 5.81. The quantitative estimate of drug-likeness (QED) is 0.758. The van der Waals surface area contributed by atoms with Crippen LogP contribution in [0.5, 0.6) is 5.75 Å². The van der Waals surface area contributed by atoms with Gasteiger partial charge in [-0.1, -0.05) is 34.1 Å². The summed E-state index contributed by atoms with van der Waals surface area (Å²) in [5.41, 5.74) is 0.957. The van der Waals surface area contributed by atoms with Crippen LogP contribution in [0.2, 0.25) is 0 Å². The minimum absolute atomic E-state index is 0.164. The van der Waals surface area contributed by atoms with Gasteiger partial charge in [-0.3, -0.25) is 4.79 Å². The number of carbonyl (C=O) groups is 1. The lowest BCUT2D eigenvalue weighted by Crippen LogP contribution is -2.05. The van der Waals surface area contributed by atoms with Crippen molar-refractivity contribution in [3.8, 4) is 5.75 Å². The lowest BCUT2D eigenvalue weighted by molar-refractivity contribution is -0.115. The first kappa shape index (κ1) is 11.2. The van der Waals surface area contributed by atoms with Crippen LogP contribution in [0, 0.1) is 0 Å². The Morgan fingerprint density at radius 2 is 2.14 bits per heavy atom. The van der Waals surface area contributed by atoms with Crippen molar-refractivity contribution in [2.24, 2.45) is 0 Å². The fourth-order valence-electron chi connectivity index (χ4n) is 1.21. The van der Waals surface area contributed by atoms with Crippen molar-refractivity contribution >= 4 is 21.7 Å². The summed E-state index contributed by atoms with van der Waals surface area (Å²) in [6.07, 6.45) is 0.432. The van der Waals surface area contributed by atoms with Crippen LogP contribution in [-0.4, -0.2) is 17.7 Å². The van der Waals surface area contributed by atoms with Crippen molar-refractivity contribution in [1.29, 1.82) is 0 Å². The van der Waals surface area contributed by atoms with E-state index in [9.17, 15) is 4.79 Å². The number of hydrogen-bond donors (Lipinski definition) is 0. The molecule has 0 saturated carbocycles. The summed E-state index contributed by atoms with van der Waals surface area (Å²) in [6, 6.07) is 7.64. The second-order valence-corrected chi connectivity index (χ2v) is 3.45. The number of benzene rings is 1. The zero-order valence-electron chi connectivity index (χ0n) is 8.13. The third kappa shape index (κ3) is 3.14. The Balaban J connectivity index is 2.78. The highest BCUT2D eigenvalue weighted by molar-refractivity contribution is 9.09. The molecule has 3 heteroatoms. The van der Waals surface area contributed by atoms with Gasteiger partial charge in [0.15, 0.2) is 0 Å². The first-order valence-corrected chi connectivity index (χ1v) is 5.68. The molecule has 0 aliphatic carbocycles. The molecule has 2 nitrogen and oxygen atoms in total. The minimum atomic E-state index is 0.164. The summed E-state index contributed by atoms with van der Waals surface area (Å²) in [7, 11) is 0. The summed E-state index contributed by atoms with van der Waals surface area (Å²) in [5, 5.41) is 0.396. The van der Waals surface area contributed by atoms with Gasteiger partial charge in [-0.15, -0.1) is 0 Å². The molecule has 0 saturated heterocycles. The van der Waals surface area contributed by atoms with Crippen molar-refractivity contribution in [3.05, 3.63) is 29.8 Å². The number of ketones is 1. The normalized spacial score (nSPS) is 9.86. The van der Waals surface area contributed by atoms with Gasteiger partial charge in [0.05, 0.1) is 11.9 Å². The van der Waals surface area contributed by atoms with Gasteiger partial charge >= 0.3 is 0 Å². The Hall–Kier alpha value is -0.830. The van der Waals surface area contributed by atoms with Crippen LogP contribution >= 0.6 is 15.9 Å². The van der Waals surface area contributed by atoms with E-state index in [2.05, 4.69) is 15.9 Å². The molecule has 0 unspecified atom stereocenters. The molecule has 1 aromatic carbocycles. The summed E-state index contributed by atoms with van der Waals surface area (Å²) in [5.74, 6) is 0.974. The molecule has 0 amide bonds. The molecule has 0 radical (unpaired) electrons. The van der Waals surface area contributed by atoms with E-state index < -0.39 is 0 Å². The number of Topliss-reactive ketones (excluding diaryl/α,β-unsaturated/α-hetero) is 1. The number of hydrogen-bond acceptors (Lipinski definition) is 2. The van der Waals surface area contributed by atoms with E-state index in [4.69, 9.17) is 4.74 Å². The summed E-state index contributed by atoms with van der Waals surface area (Å²) in [4.78, 5) is 11.2. The van der Waals surface area contributed by atoms with E-state index in [-0.39, 0.29) is 5.78 Å². The average molecular weight is 257 g/mol. The minimum Gasteiger partial charge on any atom is -0.494 e. The van der Waals surface area contributed by atoms with Gasteiger partial charge in [0.1, 0.15) is 11.5 Å². The number of para-hydroxylation sites is 1. The number of carbonyl (C=O) groups excluding carboxylic acids is 1. The number of rotatable bonds is 5. The predicted molar refractivity (Wildman–Crippen MR) is 60.1 cm³/mol. The lowest BCUT2D eigenvalue weighted by Gasteiger charge is -2.08. The average Bonchev–Trinajstić information content (AvgIpc) is 2.21. The predicted octanol–water partition coefficient (Wildman–Crippen LogP) is 2.59. The SMILES string of the molecule is CCOc1ccccc1CC(=O)CBr. The van der Waals surface area contributed by atoms with Gasteiger partial charge in [0.2, 0.25) is 0 Å². The fourth-order valence-corrected chi connectivity index (χ4v) is 1.40. The molecular formula is C11H13BrO2. The number of ether oxygens (including phenoxy) is 1. The zero-order valence-corrected chi connectivity index (χ0v) is 9.71. The van der Waals surface area contributed by atoms with E-state index in [1.807, 2.05) is 31.2 Å². The standard InChI is InChI=1S/C11H13BrO2/c1-2-14-11-6-4-3-5-9(11)7-10(13)8-12/h3-6H,2,7-8H2,1H3. The van der Waals surface area contributed by atoms with E-state index in [1.165, 1.54) is 0 Å². The summed E-state index contributed by atoms with van der Waals surface area (Å²) >= 11 is 3.15. The van der Waals surface area contributed by atoms with Gasteiger partial charge in [0.25, 0.3) is 0 Å². The maximum absolute atomic E-state index is 11.2. The molecule has 14 heavy (non-hydrogen) atoms. The Bertz CT molecular complexity index is 310. The Labute approximate surface area is 92.4 Å². The maximum Gasteiger partial charge on any atom is 0.147 e. The van der Waals surface area contributed by atoms with Crippen molar-refractivity contribution in [1.82, 2.24) is 0 Å². The van der Waals surface area contributed by atoms with Crippen LogP contribution in [0.15, 0.2) is 24.3 Å². The van der Waals surface area contributed by atoms with Crippen molar-refractivity contribution < 1.29 is 9.53 Å². The van der Waals surface area contributed by atoms with Gasteiger partial charge < -0.3 is 4.74 Å². The van der Waals surface area contributed by atoms with Crippen LogP contribution < -0.4 is 4.74 Å². The van der Waals surface area contributed by atoms with Crippen molar-refractivity contribution in [3.63, 3.8) is 0 Å². The zero-order chi connectivity index (χ0) is 10.4. The second-order valence-electron chi connectivity index (χ2n) is 2.89. The smallest absolute Gasteiger partial charge is 0.147 e. The Morgan fingerprint density at radius 3 is 2.79 bits per heavy atom. The Morgan fingerprint density at radius 1 is 1.43 bits per heavy atom. The molecule has 1 rings (SSSR count). The largest absolute Gasteiger partial charge is 0.494 e. The highest BCUT2D eigenvalue weighted by Gasteiger charge is 2.06. The summed E-state index contributed by atoms with van der Waals surface area (Å²) < 4.78 is 5.41. The first-order valence-electron chi connectivity index (χ1n) is 4.56. The fraction of sp³-hybridized carbons (Fsp3) is 0.364. The maximum atomic E-state index is 11.2. The molecule has 0 aliphatic rings. The van der Waals surface area contributed by atoms with Gasteiger partial charge in [-0.2, -0.15) is 0 Å². The van der Waals surface area contributed by atoms with Crippen molar-refractivity contribution in [2.75, 3.05) is 11.9 Å². The van der Waals surface area contributed by atoms with E-state index in [0.29, 0.717) is 18.4 Å². The topological polar surface area (TPSA) is 26.3 Å². The Kier molecular flexibility index (Phi) is 4.66. The third-order valence-corrected chi connectivity index (χ3v) is 2.43. The molecule has 0 aromatic heterocycles. The van der Waals surface area contributed by atoms with Crippen LogP contribution in [0.25, 0.3) is 0 Å². The van der Waals surface area contributed by atoms with Crippen LogP contribution in [0.4, 0.5) is 0 Å². The molecule has 0 fully saturated rings. The highest BCUT2D eigenvalue weighted by atomic mass is 79.9. The van der Waals surface area contributed by atoms with Crippen molar-refractivity contribution in [2.45, 2.75) is 13.3 Å². The van der Waals surface area contributed by atoms with Crippen LogP contribution in [-0.2, 0) is 11.2 Å². The number of alkyl halides is 1. The molecular weight excluding hydrogens is 244 g/mol. The first-order chi connectivity index (χ1) is 6.77. The molecule has 0 N–H and O–H groups in total. The highest BCUT2D eigenvalue weighted by Crippen LogP contribution is 2.18. The number of halogens is 1. The molecule has 1 aromatic rings. The monoisotopic (exact) mass is 256 g/mol. The third-order valence-electron chi connectivity index (χ3n) is 1.81. The molecule has 76 valence electrons. The summed E-state index contributed by atoms with van der Waals surface area (Å²) in [6.45, 7) is 2.56.